The van der Waals surface area contributed by atoms with Crippen molar-refractivity contribution in [3.05, 3.63) is 42.2 Å². The Bertz CT molecular complexity index is 1030. The van der Waals surface area contributed by atoms with E-state index >= 15 is 0 Å². The highest BCUT2D eigenvalue weighted by atomic mass is 19.4. The Hall–Kier alpha value is -2.94. The lowest BCUT2D eigenvalue weighted by Gasteiger charge is -2.16. The van der Waals surface area contributed by atoms with Gasteiger partial charge in [0.05, 0.1) is 11.7 Å². The molecule has 4 rings (SSSR count). The second kappa shape index (κ2) is 6.90. The van der Waals surface area contributed by atoms with Crippen LogP contribution in [0.25, 0.3) is 22.0 Å². The molecule has 0 saturated heterocycles. The number of nitrogens with one attached hydrogen (secondary N) is 1. The van der Waals surface area contributed by atoms with Gasteiger partial charge in [0.15, 0.2) is 5.82 Å². The molecule has 0 spiro atoms. The van der Waals surface area contributed by atoms with Crippen LogP contribution >= 0.6 is 0 Å². The van der Waals surface area contributed by atoms with Gasteiger partial charge in [0.2, 0.25) is 0 Å². The largest absolute Gasteiger partial charge is 0.507 e. The first-order chi connectivity index (χ1) is 13.3. The Kier molecular flexibility index (Phi) is 4.54. The summed E-state index contributed by atoms with van der Waals surface area (Å²) in [6.07, 6.45) is 0.335. The van der Waals surface area contributed by atoms with Crippen molar-refractivity contribution in [2.24, 2.45) is 0 Å². The van der Waals surface area contributed by atoms with E-state index in [1.807, 2.05) is 0 Å². The molecule has 146 valence electrons. The normalized spacial score (nSPS) is 19.9. The highest BCUT2D eigenvalue weighted by Crippen LogP contribution is 2.38. The van der Waals surface area contributed by atoms with Gasteiger partial charge in [-0.3, -0.25) is 4.98 Å². The van der Waals surface area contributed by atoms with Crippen molar-refractivity contribution in [3.63, 3.8) is 0 Å². The van der Waals surface area contributed by atoms with Gasteiger partial charge in [-0.1, -0.05) is 0 Å². The van der Waals surface area contributed by atoms with Crippen LogP contribution in [0.2, 0.25) is 0 Å². The van der Waals surface area contributed by atoms with Gasteiger partial charge >= 0.3 is 6.18 Å². The summed E-state index contributed by atoms with van der Waals surface area (Å²) in [4.78, 5) is 4.10. The number of hydrogen-bond acceptors (Lipinski definition) is 6. The van der Waals surface area contributed by atoms with Crippen LogP contribution in [0.3, 0.4) is 0 Å². The summed E-state index contributed by atoms with van der Waals surface area (Å²) in [5.74, 6) is -0.0424. The number of aliphatic hydroxyl groups is 1. The lowest BCUT2D eigenvalue weighted by atomic mass is 10.0. The molecule has 1 saturated carbocycles. The molecule has 28 heavy (non-hydrogen) atoms. The first-order valence-electron chi connectivity index (χ1n) is 8.78. The fourth-order valence-electron chi connectivity index (χ4n) is 3.49. The van der Waals surface area contributed by atoms with Gasteiger partial charge in [-0.05, 0) is 43.5 Å². The highest BCUT2D eigenvalue weighted by Gasteiger charge is 2.31. The highest BCUT2D eigenvalue weighted by molar-refractivity contribution is 6.00. The van der Waals surface area contributed by atoms with E-state index in [9.17, 15) is 23.4 Å². The molecule has 2 unspecified atom stereocenters. The predicted molar refractivity (Wildman–Crippen MR) is 96.7 cm³/mol. The number of alkyl halides is 3. The molecule has 0 bridgehead atoms. The molecule has 1 aromatic carbocycles. The Balaban J connectivity index is 1.76. The van der Waals surface area contributed by atoms with Crippen molar-refractivity contribution in [3.8, 4) is 17.0 Å². The molecule has 3 aromatic rings. The number of aromatic nitrogens is 3. The molecule has 1 aliphatic rings. The van der Waals surface area contributed by atoms with Crippen LogP contribution in [0.1, 0.15) is 24.8 Å². The average Bonchev–Trinajstić information content (AvgIpc) is 3.06. The van der Waals surface area contributed by atoms with E-state index < -0.39 is 17.5 Å². The SMILES string of the molecule is Oc1cc(C(F)(F)F)ccc1-c1nnc(NC2CCC(O)C2)c2cnccc12. The van der Waals surface area contributed by atoms with Crippen LogP contribution in [0.5, 0.6) is 5.75 Å². The van der Waals surface area contributed by atoms with E-state index in [-0.39, 0.29) is 23.4 Å². The standard InChI is InChI=1S/C19H17F3N4O2/c20-19(21,22)10-1-4-14(16(28)7-10)17-13-5-6-23-9-15(13)18(26-25-17)24-11-2-3-12(27)8-11/h1,4-7,9,11-12,27-28H,2-3,8H2,(H,24,26). The number of benzene rings is 1. The Labute approximate surface area is 158 Å². The smallest absolute Gasteiger partial charge is 0.416 e. The molecule has 2 aromatic heterocycles. The molecule has 2 heterocycles. The molecule has 3 N–H and O–H groups in total. The molecule has 0 amide bonds. The van der Waals surface area contributed by atoms with Crippen LogP contribution in [0, 0.1) is 0 Å². The zero-order valence-electron chi connectivity index (χ0n) is 14.6. The summed E-state index contributed by atoms with van der Waals surface area (Å²) < 4.78 is 38.6. The summed E-state index contributed by atoms with van der Waals surface area (Å²) in [6.45, 7) is 0. The second-order valence-electron chi connectivity index (χ2n) is 6.86. The van der Waals surface area contributed by atoms with Crippen molar-refractivity contribution < 1.29 is 23.4 Å². The maximum absolute atomic E-state index is 12.9. The van der Waals surface area contributed by atoms with Crippen molar-refractivity contribution in [2.45, 2.75) is 37.6 Å². The number of anilines is 1. The van der Waals surface area contributed by atoms with Crippen molar-refractivity contribution in [2.75, 3.05) is 5.32 Å². The number of pyridine rings is 1. The minimum Gasteiger partial charge on any atom is -0.507 e. The summed E-state index contributed by atoms with van der Waals surface area (Å²) in [5, 5.41) is 32.7. The topological polar surface area (TPSA) is 91.2 Å². The van der Waals surface area contributed by atoms with E-state index in [4.69, 9.17) is 0 Å². The number of fused-ring (bicyclic) bond motifs is 1. The van der Waals surface area contributed by atoms with Gasteiger partial charge in [-0.25, -0.2) is 0 Å². The lowest BCUT2D eigenvalue weighted by molar-refractivity contribution is -0.137. The van der Waals surface area contributed by atoms with E-state index in [1.165, 1.54) is 12.3 Å². The van der Waals surface area contributed by atoms with Gasteiger partial charge in [-0.2, -0.15) is 13.2 Å². The minimum atomic E-state index is -4.55. The quantitative estimate of drug-likeness (QED) is 0.631. The number of nitrogens with zero attached hydrogens (tertiary/aromatic N) is 3. The molecule has 9 heteroatoms. The molecule has 1 fully saturated rings. The number of aromatic hydroxyl groups is 1. The van der Waals surface area contributed by atoms with Crippen molar-refractivity contribution in [1.29, 1.82) is 0 Å². The summed E-state index contributed by atoms with van der Waals surface area (Å²) in [6, 6.07) is 4.48. The number of halogens is 3. The van der Waals surface area contributed by atoms with E-state index in [2.05, 4.69) is 20.5 Å². The van der Waals surface area contributed by atoms with E-state index in [0.717, 1.165) is 12.5 Å². The van der Waals surface area contributed by atoms with Crippen LogP contribution in [-0.2, 0) is 6.18 Å². The van der Waals surface area contributed by atoms with Gasteiger partial charge < -0.3 is 15.5 Å². The van der Waals surface area contributed by atoms with Crippen molar-refractivity contribution >= 4 is 16.6 Å². The lowest BCUT2D eigenvalue weighted by Crippen LogP contribution is -2.18. The molecule has 2 atom stereocenters. The molecule has 0 radical (unpaired) electrons. The molecular formula is C19H17F3N4O2. The van der Waals surface area contributed by atoms with Gasteiger partial charge in [0, 0.05) is 34.8 Å². The van der Waals surface area contributed by atoms with Crippen LogP contribution in [0.15, 0.2) is 36.7 Å². The number of aliphatic hydroxyl groups excluding tert-OH is 1. The predicted octanol–water partition coefficient (Wildman–Crippen LogP) is 3.74. The molecule has 1 aliphatic carbocycles. The monoisotopic (exact) mass is 390 g/mol. The number of hydrogen-bond donors (Lipinski definition) is 3. The first kappa shape index (κ1) is 18.4. The third-order valence-corrected chi connectivity index (χ3v) is 4.91. The Morgan fingerprint density at radius 1 is 1.07 bits per heavy atom. The third-order valence-electron chi connectivity index (χ3n) is 4.91. The van der Waals surface area contributed by atoms with Crippen LogP contribution in [0.4, 0.5) is 19.0 Å². The number of rotatable bonds is 3. The zero-order chi connectivity index (χ0) is 19.9. The maximum Gasteiger partial charge on any atom is 0.416 e. The summed E-state index contributed by atoms with van der Waals surface area (Å²) in [5.41, 5.74) is -0.522. The average molecular weight is 390 g/mol. The van der Waals surface area contributed by atoms with Gasteiger partial charge in [-0.15, -0.1) is 10.2 Å². The molecular weight excluding hydrogens is 373 g/mol. The maximum atomic E-state index is 12.9. The number of phenolic OH excluding ortho intramolecular Hbond substituents is 1. The Morgan fingerprint density at radius 2 is 1.89 bits per heavy atom. The van der Waals surface area contributed by atoms with E-state index in [1.54, 1.807) is 12.3 Å². The van der Waals surface area contributed by atoms with Crippen LogP contribution in [-0.4, -0.2) is 37.5 Å². The fraction of sp³-hybridized carbons (Fsp3) is 0.316. The molecule has 0 aliphatic heterocycles. The van der Waals surface area contributed by atoms with Gasteiger partial charge in [0.25, 0.3) is 0 Å². The fourth-order valence-corrected chi connectivity index (χ4v) is 3.49. The summed E-state index contributed by atoms with van der Waals surface area (Å²) in [7, 11) is 0. The Morgan fingerprint density at radius 3 is 2.57 bits per heavy atom. The number of phenols is 1. The van der Waals surface area contributed by atoms with E-state index in [0.29, 0.717) is 35.5 Å². The van der Waals surface area contributed by atoms with Crippen LogP contribution < -0.4 is 5.32 Å². The molecule has 6 nitrogen and oxygen atoms in total. The second-order valence-corrected chi connectivity index (χ2v) is 6.86. The third kappa shape index (κ3) is 3.45. The first-order valence-corrected chi connectivity index (χ1v) is 8.78. The zero-order valence-corrected chi connectivity index (χ0v) is 14.6. The van der Waals surface area contributed by atoms with Gasteiger partial charge in [0.1, 0.15) is 11.4 Å². The summed E-state index contributed by atoms with van der Waals surface area (Å²) >= 11 is 0. The van der Waals surface area contributed by atoms with Crippen molar-refractivity contribution in [1.82, 2.24) is 15.2 Å². The minimum absolute atomic E-state index is 0.0537.